The van der Waals surface area contributed by atoms with Crippen molar-refractivity contribution in [2.75, 3.05) is 44.8 Å². The van der Waals surface area contributed by atoms with E-state index < -0.39 is 11.5 Å². The molecule has 2 aromatic rings. The number of likely N-dealkylation sites (N-methyl/N-ethyl adjacent to an activating group) is 1. The first-order valence-corrected chi connectivity index (χ1v) is 10.4. The third-order valence-electron chi connectivity index (χ3n) is 6.29. The van der Waals surface area contributed by atoms with Gasteiger partial charge in [-0.3, -0.25) is 19.4 Å². The Kier molecular flexibility index (Phi) is 5.49. The van der Waals surface area contributed by atoms with Gasteiger partial charge >= 0.3 is 0 Å². The molecule has 0 bridgehead atoms. The lowest BCUT2D eigenvalue weighted by atomic mass is 9.87. The van der Waals surface area contributed by atoms with Gasteiger partial charge in [0.1, 0.15) is 0 Å². The number of aryl methyl sites for hydroxylation is 2. The highest BCUT2D eigenvalue weighted by Crippen LogP contribution is 2.43. The number of fused-ring (bicyclic) bond motifs is 1. The van der Waals surface area contributed by atoms with Crippen LogP contribution in [0.5, 0.6) is 0 Å². The molecule has 6 heteroatoms. The Morgan fingerprint density at radius 1 is 1.07 bits per heavy atom. The van der Waals surface area contributed by atoms with Crippen molar-refractivity contribution < 1.29 is 14.7 Å². The summed E-state index contributed by atoms with van der Waals surface area (Å²) < 4.78 is 0. The quantitative estimate of drug-likeness (QED) is 0.771. The number of aliphatic hydroxyl groups is 1. The van der Waals surface area contributed by atoms with Crippen LogP contribution < -0.4 is 4.90 Å². The number of anilines is 1. The van der Waals surface area contributed by atoms with Gasteiger partial charge in [0.05, 0.1) is 18.8 Å². The first kappa shape index (κ1) is 20.7. The van der Waals surface area contributed by atoms with Crippen LogP contribution in [0.15, 0.2) is 42.5 Å². The van der Waals surface area contributed by atoms with E-state index in [1.54, 1.807) is 17.0 Å². The van der Waals surface area contributed by atoms with Gasteiger partial charge in [0.25, 0.3) is 5.91 Å². The lowest BCUT2D eigenvalue weighted by Crippen LogP contribution is -2.51. The van der Waals surface area contributed by atoms with Crippen LogP contribution in [0.1, 0.15) is 33.5 Å². The van der Waals surface area contributed by atoms with Gasteiger partial charge < -0.3 is 10.0 Å². The van der Waals surface area contributed by atoms with E-state index in [2.05, 4.69) is 16.8 Å². The molecule has 1 amide bonds. The molecule has 0 radical (unpaired) electrons. The Balaban J connectivity index is 1.62. The van der Waals surface area contributed by atoms with E-state index in [4.69, 9.17) is 0 Å². The monoisotopic (exact) mass is 407 g/mol. The van der Waals surface area contributed by atoms with Crippen molar-refractivity contribution in [1.82, 2.24) is 9.80 Å². The smallest absolute Gasteiger partial charge is 0.265 e. The number of nitrogens with zero attached hydrogens (tertiary/aromatic N) is 3. The van der Waals surface area contributed by atoms with Crippen LogP contribution >= 0.6 is 0 Å². The summed E-state index contributed by atoms with van der Waals surface area (Å²) in [5, 5.41) is 11.5. The highest BCUT2D eigenvalue weighted by Gasteiger charge is 2.51. The predicted molar refractivity (Wildman–Crippen MR) is 117 cm³/mol. The fourth-order valence-corrected chi connectivity index (χ4v) is 4.37. The molecule has 2 aromatic carbocycles. The number of piperazine rings is 1. The predicted octanol–water partition coefficient (Wildman–Crippen LogP) is 2.32. The lowest BCUT2D eigenvalue weighted by molar-refractivity contribution is -0.136. The van der Waals surface area contributed by atoms with Gasteiger partial charge in [-0.05, 0) is 38.6 Å². The van der Waals surface area contributed by atoms with E-state index in [1.807, 2.05) is 44.2 Å². The molecule has 4 rings (SSSR count). The third-order valence-corrected chi connectivity index (χ3v) is 6.29. The van der Waals surface area contributed by atoms with Crippen molar-refractivity contribution in [2.24, 2.45) is 0 Å². The van der Waals surface area contributed by atoms with Crippen molar-refractivity contribution in [3.05, 3.63) is 64.7 Å². The molecule has 0 saturated carbocycles. The maximum Gasteiger partial charge on any atom is 0.265 e. The molecule has 0 aliphatic carbocycles. The molecule has 2 heterocycles. The molecule has 1 saturated heterocycles. The Morgan fingerprint density at radius 3 is 2.50 bits per heavy atom. The standard InChI is InChI=1S/C24H29N3O3/c1-17-8-9-18(2)19(14-17)22(28)15-24(30)20-6-4-5-7-21(20)27(23(24)29)16-26-12-10-25(3)11-13-26/h4-9,14,30H,10-13,15-16H2,1-3H3/t24-/m0/s1. The van der Waals surface area contributed by atoms with Crippen LogP contribution in [-0.4, -0.2) is 66.5 Å². The summed E-state index contributed by atoms with van der Waals surface area (Å²) in [7, 11) is 2.09. The summed E-state index contributed by atoms with van der Waals surface area (Å²) in [6.07, 6.45) is -0.258. The molecule has 30 heavy (non-hydrogen) atoms. The minimum absolute atomic E-state index is 0.219. The van der Waals surface area contributed by atoms with Crippen molar-refractivity contribution >= 4 is 17.4 Å². The summed E-state index contributed by atoms with van der Waals surface area (Å²) in [6.45, 7) is 7.84. The zero-order valence-corrected chi connectivity index (χ0v) is 17.9. The maximum absolute atomic E-state index is 13.4. The zero-order chi connectivity index (χ0) is 21.5. The molecule has 2 aliphatic rings. The summed E-state index contributed by atoms with van der Waals surface area (Å²) in [5.74, 6) is -0.635. The van der Waals surface area contributed by atoms with E-state index in [0.717, 1.165) is 37.3 Å². The number of Topliss-reactive ketones (excluding diaryl/α,β-unsaturated/α-hetero) is 1. The Bertz CT molecular complexity index is 981. The van der Waals surface area contributed by atoms with E-state index in [0.29, 0.717) is 23.5 Å². The topological polar surface area (TPSA) is 64.1 Å². The van der Waals surface area contributed by atoms with Crippen LogP contribution in [-0.2, 0) is 10.4 Å². The second-order valence-electron chi connectivity index (χ2n) is 8.59. The van der Waals surface area contributed by atoms with Crippen molar-refractivity contribution in [3.63, 3.8) is 0 Å². The largest absolute Gasteiger partial charge is 0.375 e. The Morgan fingerprint density at radius 2 is 1.77 bits per heavy atom. The van der Waals surface area contributed by atoms with E-state index in [9.17, 15) is 14.7 Å². The number of benzene rings is 2. The number of ketones is 1. The molecule has 158 valence electrons. The van der Waals surface area contributed by atoms with Crippen molar-refractivity contribution in [3.8, 4) is 0 Å². The number of hydrogen-bond acceptors (Lipinski definition) is 5. The molecule has 0 unspecified atom stereocenters. The van der Waals surface area contributed by atoms with E-state index in [1.165, 1.54) is 0 Å². The van der Waals surface area contributed by atoms with Crippen LogP contribution in [0.4, 0.5) is 5.69 Å². The lowest BCUT2D eigenvalue weighted by Gasteiger charge is -2.35. The van der Waals surface area contributed by atoms with Gasteiger partial charge in [0.15, 0.2) is 11.4 Å². The van der Waals surface area contributed by atoms with Gasteiger partial charge in [0, 0.05) is 37.3 Å². The average Bonchev–Trinajstić information content (AvgIpc) is 2.93. The molecule has 6 nitrogen and oxygen atoms in total. The fraction of sp³-hybridized carbons (Fsp3) is 0.417. The molecule has 2 aliphatic heterocycles. The summed E-state index contributed by atoms with van der Waals surface area (Å²) in [5.41, 5.74) is 1.76. The molecule has 0 aromatic heterocycles. The van der Waals surface area contributed by atoms with Crippen LogP contribution in [0.25, 0.3) is 0 Å². The molecule has 1 atom stereocenters. The van der Waals surface area contributed by atoms with E-state index in [-0.39, 0.29) is 12.2 Å². The normalized spacial score (nSPS) is 22.4. The average molecular weight is 408 g/mol. The third kappa shape index (κ3) is 3.67. The summed E-state index contributed by atoms with van der Waals surface area (Å²) in [6, 6.07) is 13.0. The molecular formula is C24H29N3O3. The van der Waals surface area contributed by atoms with Crippen LogP contribution in [0, 0.1) is 13.8 Å². The Hall–Kier alpha value is -2.54. The molecule has 1 N–H and O–H groups in total. The minimum Gasteiger partial charge on any atom is -0.375 e. The first-order chi connectivity index (χ1) is 14.3. The van der Waals surface area contributed by atoms with Gasteiger partial charge in [0.2, 0.25) is 0 Å². The van der Waals surface area contributed by atoms with Crippen LogP contribution in [0.2, 0.25) is 0 Å². The number of para-hydroxylation sites is 1. The van der Waals surface area contributed by atoms with E-state index >= 15 is 0 Å². The number of hydrogen-bond donors (Lipinski definition) is 1. The van der Waals surface area contributed by atoms with Gasteiger partial charge in [-0.1, -0.05) is 35.9 Å². The summed E-state index contributed by atoms with van der Waals surface area (Å²) >= 11 is 0. The molecule has 1 fully saturated rings. The molecule has 0 spiro atoms. The highest BCUT2D eigenvalue weighted by atomic mass is 16.3. The number of carbonyl (C=O) groups excluding carboxylic acids is 2. The Labute approximate surface area is 177 Å². The van der Waals surface area contributed by atoms with Gasteiger partial charge in [-0.2, -0.15) is 0 Å². The van der Waals surface area contributed by atoms with Crippen molar-refractivity contribution in [2.45, 2.75) is 25.9 Å². The van der Waals surface area contributed by atoms with Crippen molar-refractivity contribution in [1.29, 1.82) is 0 Å². The SMILES string of the molecule is Cc1ccc(C)c(C(=O)C[C@@]2(O)C(=O)N(CN3CCN(C)CC3)c3ccccc32)c1. The fourth-order valence-electron chi connectivity index (χ4n) is 4.37. The number of amides is 1. The van der Waals surface area contributed by atoms with Gasteiger partial charge in [-0.15, -0.1) is 0 Å². The number of rotatable bonds is 5. The highest BCUT2D eigenvalue weighted by molar-refractivity contribution is 6.11. The first-order valence-electron chi connectivity index (χ1n) is 10.4. The van der Waals surface area contributed by atoms with Crippen LogP contribution in [0.3, 0.4) is 0 Å². The number of carbonyl (C=O) groups is 2. The maximum atomic E-state index is 13.4. The summed E-state index contributed by atoms with van der Waals surface area (Å²) in [4.78, 5) is 32.7. The minimum atomic E-state index is -1.84. The zero-order valence-electron chi connectivity index (χ0n) is 17.9. The van der Waals surface area contributed by atoms with Gasteiger partial charge in [-0.25, -0.2) is 0 Å². The second-order valence-corrected chi connectivity index (χ2v) is 8.59. The molecular weight excluding hydrogens is 378 g/mol. The second kappa shape index (κ2) is 7.95.